The lowest BCUT2D eigenvalue weighted by atomic mass is 10.2. The van der Waals surface area contributed by atoms with Gasteiger partial charge in [-0.25, -0.2) is 4.79 Å². The van der Waals surface area contributed by atoms with Gasteiger partial charge in [-0.3, -0.25) is 4.79 Å². The van der Waals surface area contributed by atoms with Gasteiger partial charge in [-0.05, 0) is 18.2 Å². The van der Waals surface area contributed by atoms with Crippen LogP contribution in [-0.4, -0.2) is 25.5 Å². The number of ether oxygens (including phenoxy) is 1. The van der Waals surface area contributed by atoms with Gasteiger partial charge >= 0.3 is 5.97 Å². The van der Waals surface area contributed by atoms with Crippen LogP contribution >= 0.6 is 11.6 Å². The van der Waals surface area contributed by atoms with E-state index in [1.165, 1.54) is 19.2 Å². The van der Waals surface area contributed by atoms with Gasteiger partial charge in [0.25, 0.3) is 0 Å². The number of halogens is 1. The van der Waals surface area contributed by atoms with E-state index < -0.39 is 11.9 Å². The van der Waals surface area contributed by atoms with Crippen LogP contribution in [0.15, 0.2) is 18.2 Å². The van der Waals surface area contributed by atoms with Crippen molar-refractivity contribution in [3.63, 3.8) is 0 Å². The lowest BCUT2D eigenvalue weighted by Gasteiger charge is -2.09. The third-order valence-electron chi connectivity index (χ3n) is 1.85. The molecule has 0 heterocycles. The van der Waals surface area contributed by atoms with Crippen LogP contribution in [0.5, 0.6) is 0 Å². The molecule has 6 heteroatoms. The zero-order valence-corrected chi connectivity index (χ0v) is 9.38. The predicted molar refractivity (Wildman–Crippen MR) is 60.5 cm³/mol. The first kappa shape index (κ1) is 12.5. The molecule has 0 atom stereocenters. The molecule has 1 rings (SSSR count). The van der Waals surface area contributed by atoms with Crippen LogP contribution in [0.1, 0.15) is 10.4 Å². The van der Waals surface area contributed by atoms with Crippen LogP contribution in [0.4, 0.5) is 5.69 Å². The maximum Gasteiger partial charge on any atom is 0.340 e. The Balaban J connectivity index is 3.07. The van der Waals surface area contributed by atoms with E-state index in [4.69, 9.17) is 17.3 Å². The number of amides is 1. The number of hydrogen-bond acceptors (Lipinski definition) is 4. The number of esters is 1. The predicted octanol–water partition coefficient (Wildman–Crippen LogP) is 1.02. The first-order valence-corrected chi connectivity index (χ1v) is 4.84. The number of carbonyl (C=O) groups excluding carboxylic acids is 2. The van der Waals surface area contributed by atoms with Gasteiger partial charge in [0.1, 0.15) is 0 Å². The van der Waals surface area contributed by atoms with E-state index in [2.05, 4.69) is 10.1 Å². The third kappa shape index (κ3) is 2.95. The van der Waals surface area contributed by atoms with Crippen LogP contribution in [0.3, 0.4) is 0 Å². The zero-order valence-electron chi connectivity index (χ0n) is 8.62. The Morgan fingerprint density at radius 2 is 2.19 bits per heavy atom. The minimum Gasteiger partial charge on any atom is -0.465 e. The molecule has 1 amide bonds. The van der Waals surface area contributed by atoms with E-state index >= 15 is 0 Å². The molecular weight excluding hydrogens is 232 g/mol. The van der Waals surface area contributed by atoms with Crippen molar-refractivity contribution in [1.82, 2.24) is 0 Å². The highest BCUT2D eigenvalue weighted by molar-refractivity contribution is 6.31. The summed E-state index contributed by atoms with van der Waals surface area (Å²) in [6.07, 6.45) is 0. The minimum atomic E-state index is -0.574. The van der Waals surface area contributed by atoms with Crippen molar-refractivity contribution in [3.05, 3.63) is 28.8 Å². The fraction of sp³-hybridized carbons (Fsp3) is 0.200. The van der Waals surface area contributed by atoms with Crippen LogP contribution in [0.25, 0.3) is 0 Å². The SMILES string of the molecule is COC(=O)c1cc(Cl)ccc1NC(=O)CN. The summed E-state index contributed by atoms with van der Waals surface area (Å²) in [7, 11) is 1.25. The zero-order chi connectivity index (χ0) is 12.1. The maximum absolute atomic E-state index is 11.4. The van der Waals surface area contributed by atoms with Gasteiger partial charge in [-0.2, -0.15) is 0 Å². The topological polar surface area (TPSA) is 81.4 Å². The number of carbonyl (C=O) groups is 2. The van der Waals surface area contributed by atoms with Crippen LogP contribution in [-0.2, 0) is 9.53 Å². The van der Waals surface area contributed by atoms with E-state index in [9.17, 15) is 9.59 Å². The van der Waals surface area contributed by atoms with Gasteiger partial charge in [-0.15, -0.1) is 0 Å². The van der Waals surface area contributed by atoms with Crippen molar-refractivity contribution in [2.24, 2.45) is 5.73 Å². The molecule has 3 N–H and O–H groups in total. The number of anilines is 1. The van der Waals surface area contributed by atoms with Crippen molar-refractivity contribution < 1.29 is 14.3 Å². The molecule has 0 aromatic heterocycles. The molecule has 0 radical (unpaired) electrons. The van der Waals surface area contributed by atoms with Gasteiger partial charge in [0, 0.05) is 5.02 Å². The fourth-order valence-corrected chi connectivity index (χ4v) is 1.28. The molecule has 1 aromatic rings. The highest BCUT2D eigenvalue weighted by atomic mass is 35.5. The normalized spacial score (nSPS) is 9.69. The number of nitrogens with one attached hydrogen (secondary N) is 1. The molecule has 0 spiro atoms. The number of rotatable bonds is 3. The molecule has 0 aliphatic carbocycles. The Kier molecular flexibility index (Phi) is 4.28. The molecule has 1 aromatic carbocycles. The van der Waals surface area contributed by atoms with E-state index in [1.54, 1.807) is 6.07 Å². The largest absolute Gasteiger partial charge is 0.465 e. The maximum atomic E-state index is 11.4. The second-order valence-electron chi connectivity index (χ2n) is 2.93. The van der Waals surface area contributed by atoms with Gasteiger partial charge in [-0.1, -0.05) is 11.6 Å². The highest BCUT2D eigenvalue weighted by Gasteiger charge is 2.13. The molecule has 86 valence electrons. The van der Waals surface area contributed by atoms with Gasteiger partial charge < -0.3 is 15.8 Å². The van der Waals surface area contributed by atoms with Crippen LogP contribution < -0.4 is 11.1 Å². The van der Waals surface area contributed by atoms with Gasteiger partial charge in [0.15, 0.2) is 0 Å². The average molecular weight is 243 g/mol. The first-order valence-electron chi connectivity index (χ1n) is 4.46. The van der Waals surface area contributed by atoms with Gasteiger partial charge in [0.2, 0.25) is 5.91 Å². The quantitative estimate of drug-likeness (QED) is 0.776. The Morgan fingerprint density at radius 1 is 1.50 bits per heavy atom. The number of benzene rings is 1. The molecule has 0 aliphatic heterocycles. The summed E-state index contributed by atoms with van der Waals surface area (Å²) in [5, 5.41) is 2.86. The first-order chi connectivity index (χ1) is 7.58. The lowest BCUT2D eigenvalue weighted by Crippen LogP contribution is -2.23. The Bertz CT molecular complexity index is 421. The number of hydrogen-bond donors (Lipinski definition) is 2. The van der Waals surface area contributed by atoms with Crippen molar-refractivity contribution in [1.29, 1.82) is 0 Å². The summed E-state index contributed by atoms with van der Waals surface area (Å²) in [5.41, 5.74) is 5.67. The standard InChI is InChI=1S/C10H11ClN2O3/c1-16-10(15)7-4-6(11)2-3-8(7)13-9(14)5-12/h2-4H,5,12H2,1H3,(H,13,14). The molecule has 5 nitrogen and oxygen atoms in total. The molecule has 0 unspecified atom stereocenters. The molecular formula is C10H11ClN2O3. The number of nitrogens with two attached hydrogens (primary N) is 1. The summed E-state index contributed by atoms with van der Waals surface area (Å²) in [6.45, 7) is -0.163. The Morgan fingerprint density at radius 3 is 2.75 bits per heavy atom. The van der Waals surface area contributed by atoms with E-state index in [0.717, 1.165) is 0 Å². The summed E-state index contributed by atoms with van der Waals surface area (Å²) < 4.78 is 4.57. The molecule has 0 aliphatic rings. The fourth-order valence-electron chi connectivity index (χ4n) is 1.11. The van der Waals surface area contributed by atoms with Crippen molar-refractivity contribution >= 4 is 29.2 Å². The van der Waals surface area contributed by atoms with E-state index in [1.807, 2.05) is 0 Å². The third-order valence-corrected chi connectivity index (χ3v) is 2.08. The van der Waals surface area contributed by atoms with E-state index in [0.29, 0.717) is 10.7 Å². The summed E-state index contributed by atoms with van der Waals surface area (Å²) in [5.74, 6) is -0.970. The summed E-state index contributed by atoms with van der Waals surface area (Å²) in [6, 6.07) is 4.49. The van der Waals surface area contributed by atoms with Crippen molar-refractivity contribution in [2.45, 2.75) is 0 Å². The molecule has 0 bridgehead atoms. The van der Waals surface area contributed by atoms with Gasteiger partial charge in [0.05, 0.1) is 24.9 Å². The second kappa shape index (κ2) is 5.48. The number of methoxy groups -OCH3 is 1. The van der Waals surface area contributed by atoms with Crippen LogP contribution in [0.2, 0.25) is 5.02 Å². The molecule has 0 fully saturated rings. The van der Waals surface area contributed by atoms with Crippen molar-refractivity contribution in [3.8, 4) is 0 Å². The molecule has 0 saturated carbocycles. The van der Waals surface area contributed by atoms with Crippen molar-refractivity contribution in [2.75, 3.05) is 19.0 Å². The summed E-state index contributed by atoms with van der Waals surface area (Å²) >= 11 is 5.74. The molecule has 16 heavy (non-hydrogen) atoms. The minimum absolute atomic E-state index is 0.163. The summed E-state index contributed by atoms with van der Waals surface area (Å²) in [4.78, 5) is 22.5. The van der Waals surface area contributed by atoms with Crippen LogP contribution in [0, 0.1) is 0 Å². The second-order valence-corrected chi connectivity index (χ2v) is 3.37. The average Bonchev–Trinajstić information content (AvgIpc) is 2.30. The monoisotopic (exact) mass is 242 g/mol. The highest BCUT2D eigenvalue weighted by Crippen LogP contribution is 2.21. The Labute approximate surface area is 97.5 Å². The Hall–Kier alpha value is -1.59. The molecule has 0 saturated heterocycles. The smallest absolute Gasteiger partial charge is 0.340 e. The van der Waals surface area contributed by atoms with E-state index in [-0.39, 0.29) is 12.1 Å². The lowest BCUT2D eigenvalue weighted by molar-refractivity contribution is -0.114.